The van der Waals surface area contributed by atoms with Gasteiger partial charge in [-0.15, -0.1) is 0 Å². The molecule has 0 saturated carbocycles. The molecule has 0 aromatic carbocycles. The number of furan rings is 1. The van der Waals surface area contributed by atoms with Crippen LogP contribution in [0.2, 0.25) is 0 Å². The Balaban J connectivity index is 2.28. The predicted molar refractivity (Wildman–Crippen MR) is 46.9 cm³/mol. The van der Waals surface area contributed by atoms with Gasteiger partial charge in [0.1, 0.15) is 6.61 Å². The van der Waals surface area contributed by atoms with E-state index in [2.05, 4.69) is 4.74 Å². The lowest BCUT2D eigenvalue weighted by Crippen LogP contribution is -2.22. The Morgan fingerprint density at radius 2 is 2.50 bits per heavy atom. The van der Waals surface area contributed by atoms with Crippen molar-refractivity contribution in [2.75, 3.05) is 20.3 Å². The van der Waals surface area contributed by atoms with Gasteiger partial charge >= 0.3 is 0 Å². The Morgan fingerprint density at radius 1 is 1.71 bits per heavy atom. The number of carbonyl (C=O) groups is 1. The highest BCUT2D eigenvalue weighted by Gasteiger charge is 2.11. The zero-order valence-electron chi connectivity index (χ0n) is 7.80. The van der Waals surface area contributed by atoms with Gasteiger partial charge in [0.2, 0.25) is 5.78 Å². The molecule has 5 nitrogen and oxygen atoms in total. The van der Waals surface area contributed by atoms with Crippen molar-refractivity contribution in [3.05, 3.63) is 24.2 Å². The monoisotopic (exact) mass is 200 g/mol. The van der Waals surface area contributed by atoms with Gasteiger partial charge in [-0.05, 0) is 12.1 Å². The summed E-state index contributed by atoms with van der Waals surface area (Å²) in [7, 11) is 1.43. The molecule has 0 radical (unpaired) electrons. The molecule has 1 rings (SSSR count). The van der Waals surface area contributed by atoms with Crippen LogP contribution < -0.4 is 0 Å². The van der Waals surface area contributed by atoms with E-state index in [1.165, 1.54) is 19.4 Å². The van der Waals surface area contributed by atoms with Crippen LogP contribution in [0.3, 0.4) is 0 Å². The van der Waals surface area contributed by atoms with Crippen LogP contribution in [0.4, 0.5) is 0 Å². The SMILES string of the molecule is COCC(O)OCC(=O)c1ccco1. The smallest absolute Gasteiger partial charge is 0.223 e. The number of hydrogen-bond acceptors (Lipinski definition) is 5. The molecule has 1 atom stereocenters. The fourth-order valence-corrected chi connectivity index (χ4v) is 0.871. The van der Waals surface area contributed by atoms with Gasteiger partial charge in [0.15, 0.2) is 12.1 Å². The molecule has 0 spiro atoms. The molecule has 78 valence electrons. The molecule has 1 N–H and O–H groups in total. The van der Waals surface area contributed by atoms with Gasteiger partial charge in [-0.2, -0.15) is 0 Å². The van der Waals surface area contributed by atoms with E-state index in [0.29, 0.717) is 0 Å². The van der Waals surface area contributed by atoms with E-state index in [-0.39, 0.29) is 24.8 Å². The number of aliphatic hydroxyl groups is 1. The third-order valence-electron chi connectivity index (χ3n) is 1.51. The fraction of sp³-hybridized carbons (Fsp3) is 0.444. The summed E-state index contributed by atoms with van der Waals surface area (Å²) in [6, 6.07) is 3.15. The topological polar surface area (TPSA) is 68.9 Å². The standard InChI is InChI=1S/C9H12O5/c1-12-6-9(11)14-5-7(10)8-3-2-4-13-8/h2-4,9,11H,5-6H2,1H3. The van der Waals surface area contributed by atoms with Crippen molar-refractivity contribution < 1.29 is 23.8 Å². The highest BCUT2D eigenvalue weighted by Crippen LogP contribution is 2.02. The van der Waals surface area contributed by atoms with Gasteiger partial charge < -0.3 is 19.0 Å². The number of hydrogen-bond donors (Lipinski definition) is 1. The molecule has 0 saturated heterocycles. The molecule has 5 heteroatoms. The second-order valence-electron chi connectivity index (χ2n) is 2.62. The van der Waals surface area contributed by atoms with Crippen LogP contribution in [-0.4, -0.2) is 37.5 Å². The zero-order chi connectivity index (χ0) is 10.4. The molecule has 0 aliphatic heterocycles. The number of ketones is 1. The molecular weight excluding hydrogens is 188 g/mol. The first-order valence-electron chi connectivity index (χ1n) is 4.09. The van der Waals surface area contributed by atoms with Crippen LogP contribution >= 0.6 is 0 Å². The Kier molecular flexibility index (Phi) is 4.31. The van der Waals surface area contributed by atoms with Crippen LogP contribution in [0, 0.1) is 0 Å². The molecule has 1 aromatic rings. The number of rotatable bonds is 6. The number of carbonyl (C=O) groups excluding carboxylic acids is 1. The molecule has 0 bridgehead atoms. The number of Topliss-reactive ketones (excluding diaryl/α,β-unsaturated/α-hetero) is 1. The maximum absolute atomic E-state index is 11.2. The first kappa shape index (κ1) is 10.9. The van der Waals surface area contributed by atoms with E-state index in [0.717, 1.165) is 0 Å². The maximum atomic E-state index is 11.2. The van der Waals surface area contributed by atoms with Crippen molar-refractivity contribution in [3.8, 4) is 0 Å². The summed E-state index contributed by atoms with van der Waals surface area (Å²) < 4.78 is 14.3. The highest BCUT2D eigenvalue weighted by molar-refractivity contribution is 5.94. The van der Waals surface area contributed by atoms with Crippen molar-refractivity contribution in [2.24, 2.45) is 0 Å². The summed E-state index contributed by atoms with van der Waals surface area (Å²) in [5.41, 5.74) is 0. The highest BCUT2D eigenvalue weighted by atomic mass is 16.6. The third-order valence-corrected chi connectivity index (χ3v) is 1.51. The molecule has 1 unspecified atom stereocenters. The summed E-state index contributed by atoms with van der Waals surface area (Å²) in [6.45, 7) is -0.191. The van der Waals surface area contributed by atoms with Crippen molar-refractivity contribution in [1.29, 1.82) is 0 Å². The van der Waals surface area contributed by atoms with Crippen molar-refractivity contribution in [3.63, 3.8) is 0 Å². The fourth-order valence-electron chi connectivity index (χ4n) is 0.871. The Bertz CT molecular complexity index is 267. The Hall–Kier alpha value is -1.17. The van der Waals surface area contributed by atoms with Crippen LogP contribution in [0.25, 0.3) is 0 Å². The number of ether oxygens (including phenoxy) is 2. The Labute approximate surface area is 81.2 Å². The minimum atomic E-state index is -1.08. The van der Waals surface area contributed by atoms with Gasteiger partial charge in [-0.25, -0.2) is 0 Å². The normalized spacial score (nSPS) is 12.7. The predicted octanol–water partition coefficient (Wildman–Crippen LogP) is 0.444. The Morgan fingerprint density at radius 3 is 3.07 bits per heavy atom. The summed E-state index contributed by atoms with van der Waals surface area (Å²) in [5.74, 6) is -0.0974. The average molecular weight is 200 g/mol. The quantitative estimate of drug-likeness (QED) is 0.533. The van der Waals surface area contributed by atoms with E-state index in [4.69, 9.17) is 14.3 Å². The second kappa shape index (κ2) is 5.54. The summed E-state index contributed by atoms with van der Waals surface area (Å²) >= 11 is 0. The van der Waals surface area contributed by atoms with E-state index < -0.39 is 6.29 Å². The van der Waals surface area contributed by atoms with Crippen molar-refractivity contribution in [2.45, 2.75) is 6.29 Å². The van der Waals surface area contributed by atoms with Gasteiger partial charge in [0.25, 0.3) is 0 Å². The van der Waals surface area contributed by atoms with Gasteiger partial charge in [0, 0.05) is 7.11 Å². The average Bonchev–Trinajstić information content (AvgIpc) is 2.67. The molecule has 14 heavy (non-hydrogen) atoms. The summed E-state index contributed by atoms with van der Waals surface area (Å²) in [6.07, 6.45) is 0.317. The first-order chi connectivity index (χ1) is 6.74. The molecule has 0 amide bonds. The van der Waals surface area contributed by atoms with Gasteiger partial charge in [0.05, 0.1) is 12.9 Å². The van der Waals surface area contributed by atoms with Crippen molar-refractivity contribution >= 4 is 5.78 Å². The zero-order valence-corrected chi connectivity index (χ0v) is 7.80. The molecule has 0 aliphatic carbocycles. The molecule has 0 fully saturated rings. The van der Waals surface area contributed by atoms with Gasteiger partial charge in [-0.3, -0.25) is 4.79 Å². The largest absolute Gasteiger partial charge is 0.461 e. The molecule has 1 aromatic heterocycles. The number of methoxy groups -OCH3 is 1. The second-order valence-corrected chi connectivity index (χ2v) is 2.62. The van der Waals surface area contributed by atoms with Crippen LogP contribution in [-0.2, 0) is 9.47 Å². The molecular formula is C9H12O5. The number of aliphatic hydroxyl groups excluding tert-OH is 1. The van der Waals surface area contributed by atoms with E-state index in [1.807, 2.05) is 0 Å². The van der Waals surface area contributed by atoms with E-state index in [1.54, 1.807) is 6.07 Å². The van der Waals surface area contributed by atoms with Crippen molar-refractivity contribution in [1.82, 2.24) is 0 Å². The lowest BCUT2D eigenvalue weighted by Gasteiger charge is -2.08. The third kappa shape index (κ3) is 3.29. The lowest BCUT2D eigenvalue weighted by atomic mass is 10.3. The maximum Gasteiger partial charge on any atom is 0.223 e. The van der Waals surface area contributed by atoms with E-state index >= 15 is 0 Å². The summed E-state index contributed by atoms with van der Waals surface area (Å²) in [5, 5.41) is 9.07. The summed E-state index contributed by atoms with van der Waals surface area (Å²) in [4.78, 5) is 11.2. The van der Waals surface area contributed by atoms with Crippen LogP contribution in [0.5, 0.6) is 0 Å². The van der Waals surface area contributed by atoms with Gasteiger partial charge in [-0.1, -0.05) is 0 Å². The van der Waals surface area contributed by atoms with E-state index in [9.17, 15) is 4.79 Å². The molecule has 1 heterocycles. The minimum absolute atomic E-state index is 0.0332. The molecule has 0 aliphatic rings. The lowest BCUT2D eigenvalue weighted by molar-refractivity contribution is -0.123. The van der Waals surface area contributed by atoms with Crippen LogP contribution in [0.1, 0.15) is 10.6 Å². The minimum Gasteiger partial charge on any atom is -0.461 e. The first-order valence-corrected chi connectivity index (χ1v) is 4.09. The van der Waals surface area contributed by atoms with Crippen LogP contribution in [0.15, 0.2) is 22.8 Å².